The van der Waals surface area contributed by atoms with Crippen LogP contribution >= 0.6 is 11.8 Å². The smallest absolute Gasteiger partial charge is 0.328 e. The molecule has 0 aliphatic carbocycles. The molecule has 1 aliphatic rings. The van der Waals surface area contributed by atoms with Crippen LogP contribution in [-0.4, -0.2) is 210 Å². The highest BCUT2D eigenvalue weighted by atomic mass is 32.2. The number of carboxylic acids is 3. The van der Waals surface area contributed by atoms with Gasteiger partial charge in [-0.2, -0.15) is 11.8 Å². The zero-order valence-corrected chi connectivity index (χ0v) is 47.5. The van der Waals surface area contributed by atoms with E-state index in [9.17, 15) is 88.2 Å². The van der Waals surface area contributed by atoms with Crippen molar-refractivity contribution in [3.8, 4) is 0 Å². The Morgan fingerprint density at radius 1 is 0.631 bits per heavy atom. The molecule has 2 aromatic carbocycles. The number of aliphatic carboxylic acids is 3. The number of aromatic amines is 1. The number of amides is 9. The lowest BCUT2D eigenvalue weighted by atomic mass is 10.0. The molecular weight excluding hydrogens is 1120 g/mol. The second-order valence-corrected chi connectivity index (χ2v) is 21.4. The third kappa shape index (κ3) is 20.3. The van der Waals surface area contributed by atoms with Crippen molar-refractivity contribution in [2.45, 2.75) is 139 Å². The summed E-state index contributed by atoms with van der Waals surface area (Å²) in [6, 6.07) is 0.0126. The molecule has 84 heavy (non-hydrogen) atoms. The van der Waals surface area contributed by atoms with Crippen molar-refractivity contribution < 1.29 is 88.2 Å². The molecule has 2 heterocycles. The van der Waals surface area contributed by atoms with Gasteiger partial charge in [0.15, 0.2) is 6.04 Å². The normalized spacial score (nSPS) is 16.6. The number of hydrogen-bond donors (Lipinski definition) is 16. The number of carbonyl (C=O) groups excluding carboxylic acids is 9. The molecule has 1 aliphatic heterocycles. The number of fused-ring (bicyclic) bond motifs is 1. The largest absolute Gasteiger partial charge is 0.481 e. The van der Waals surface area contributed by atoms with Gasteiger partial charge in [0.1, 0.15) is 54.4 Å². The van der Waals surface area contributed by atoms with Crippen molar-refractivity contribution >= 4 is 93.7 Å². The molecule has 30 heteroatoms. The van der Waals surface area contributed by atoms with Crippen LogP contribution < -0.4 is 48.3 Å². The van der Waals surface area contributed by atoms with Crippen molar-refractivity contribution in [1.82, 2.24) is 52.4 Å². The Morgan fingerprint density at radius 3 is 1.77 bits per heavy atom. The Kier molecular flexibility index (Phi) is 27.0. The molecule has 17 N–H and O–H groups in total. The first-order valence-corrected chi connectivity index (χ1v) is 28.3. The summed E-state index contributed by atoms with van der Waals surface area (Å²) in [7, 11) is 0. The van der Waals surface area contributed by atoms with Gasteiger partial charge < -0.3 is 88.8 Å². The second kappa shape index (κ2) is 33.2. The Balaban J connectivity index is 1.59. The molecule has 1 unspecified atom stereocenters. The standard InChI is InChI=1S/C54H75N11O18S/c1-27(2)43(52(80)64-44(28(3)68)54(82)83)63-49(77)37(23-42(71)72)59-50(78)39(26-67)62-46(74)34(16-17-41(69)70)57-47(75)35(18-20-84-4)58-48(76)36(22-30-24-56-33-14-9-8-13-31(30)33)60-51(79)40-15-10-19-65(40)53(81)38(61-45(73)32(55)25-66)21-29-11-6-5-7-12-29/h5-9,11-14,24,27-28,32,34-40,43-44,56,66-68H,10,15-23,25-26,55H2,1-4H3,(H,57,75)(H,58,76)(H,59,78)(H,60,79)(H,61,73)(H,62,74)(H,63,77)(H,64,80)(H,69,70)(H,71,72)(H,82,83)/t28?,32-,34-,35-,36-,37-,38-,39-,40-,43-,44-/m0/s1. The van der Waals surface area contributed by atoms with Gasteiger partial charge in [-0.1, -0.05) is 62.4 Å². The lowest BCUT2D eigenvalue weighted by Crippen LogP contribution is -2.61. The third-order valence-electron chi connectivity index (χ3n) is 13.6. The van der Waals surface area contributed by atoms with Gasteiger partial charge in [0.2, 0.25) is 53.2 Å². The van der Waals surface area contributed by atoms with Gasteiger partial charge in [-0.25, -0.2) is 4.79 Å². The number of nitrogens with one attached hydrogen (secondary N) is 9. The molecule has 9 amide bonds. The second-order valence-electron chi connectivity index (χ2n) is 20.4. The molecule has 4 rings (SSSR count). The molecule has 460 valence electrons. The SMILES string of the molecule is CSCC[C@H](NC(=O)[C@H](Cc1c[nH]c2ccccc12)NC(=O)[C@@H]1CCCN1C(=O)[C@H](Cc1ccccc1)NC(=O)[C@@H](N)CO)C(=O)N[C@@H](CCC(=O)O)C(=O)N[C@@H](CO)C(=O)N[C@@H](CC(=O)O)C(=O)N[C@H](C(=O)N[C@H](C(=O)O)C(C)O)C(C)C. The summed E-state index contributed by atoms with van der Waals surface area (Å²) >= 11 is 1.27. The number of carbonyl (C=O) groups is 12. The first-order valence-electron chi connectivity index (χ1n) is 26.9. The third-order valence-corrected chi connectivity index (χ3v) is 14.3. The first kappa shape index (κ1) is 68.3. The summed E-state index contributed by atoms with van der Waals surface area (Å²) in [6.45, 7) is 2.15. The Morgan fingerprint density at radius 2 is 1.19 bits per heavy atom. The summed E-state index contributed by atoms with van der Waals surface area (Å²) < 4.78 is 0. The minimum atomic E-state index is -2.00. The van der Waals surface area contributed by atoms with Crippen molar-refractivity contribution in [1.29, 1.82) is 0 Å². The predicted molar refractivity (Wildman–Crippen MR) is 301 cm³/mol. The minimum absolute atomic E-state index is 0.00194. The van der Waals surface area contributed by atoms with Gasteiger partial charge in [-0.05, 0) is 67.7 Å². The van der Waals surface area contributed by atoms with Crippen LogP contribution in [0.2, 0.25) is 0 Å². The van der Waals surface area contributed by atoms with Crippen LogP contribution in [-0.2, 0) is 70.4 Å². The van der Waals surface area contributed by atoms with E-state index in [1.807, 2.05) is 0 Å². The van der Waals surface area contributed by atoms with Crippen LogP contribution in [0.3, 0.4) is 0 Å². The van der Waals surface area contributed by atoms with E-state index >= 15 is 0 Å². The maximum atomic E-state index is 14.7. The zero-order valence-electron chi connectivity index (χ0n) is 46.7. The van der Waals surface area contributed by atoms with Crippen LogP contribution in [0.25, 0.3) is 10.9 Å². The fraction of sp³-hybridized carbons (Fsp3) is 0.519. The number of nitrogens with two attached hydrogens (primary N) is 1. The lowest BCUT2D eigenvalue weighted by molar-refractivity contribution is -0.146. The number of aliphatic hydroxyl groups is 3. The maximum absolute atomic E-state index is 14.7. The molecule has 11 atom stereocenters. The van der Waals surface area contributed by atoms with Gasteiger partial charge in [-0.3, -0.25) is 52.7 Å². The number of carboxylic acid groups (broad SMARTS) is 3. The van der Waals surface area contributed by atoms with Crippen molar-refractivity contribution in [3.63, 3.8) is 0 Å². The fourth-order valence-electron chi connectivity index (χ4n) is 9.04. The van der Waals surface area contributed by atoms with Crippen molar-refractivity contribution in [2.24, 2.45) is 11.7 Å². The number of nitrogens with zero attached hydrogens (tertiary/aromatic N) is 1. The molecule has 1 saturated heterocycles. The first-order chi connectivity index (χ1) is 39.8. The van der Waals surface area contributed by atoms with Gasteiger partial charge in [0.25, 0.3) is 0 Å². The topological polar surface area (TPSA) is 468 Å². The average Bonchev–Trinajstić information content (AvgIpc) is 4.08. The highest BCUT2D eigenvalue weighted by Crippen LogP contribution is 2.23. The fourth-order valence-corrected chi connectivity index (χ4v) is 9.51. The number of aliphatic hydroxyl groups excluding tert-OH is 3. The van der Waals surface area contributed by atoms with Crippen LogP contribution in [0, 0.1) is 5.92 Å². The van der Waals surface area contributed by atoms with Gasteiger partial charge in [0.05, 0.1) is 25.7 Å². The number of thioether (sulfide) groups is 1. The number of H-pyrrole nitrogens is 1. The number of hydrogen-bond acceptors (Lipinski definition) is 17. The van der Waals surface area contributed by atoms with E-state index in [1.165, 1.54) is 30.5 Å². The van der Waals surface area contributed by atoms with Gasteiger partial charge in [0, 0.05) is 42.9 Å². The summed E-state index contributed by atoms with van der Waals surface area (Å²) in [6.07, 6.45) is -0.502. The molecule has 1 aromatic heterocycles. The van der Waals surface area contributed by atoms with E-state index < -0.39 is 176 Å². The number of benzene rings is 2. The lowest BCUT2D eigenvalue weighted by Gasteiger charge is -2.30. The van der Waals surface area contributed by atoms with Crippen molar-refractivity contribution in [3.05, 3.63) is 71.9 Å². The molecule has 29 nitrogen and oxygen atoms in total. The van der Waals surface area contributed by atoms with E-state index in [1.54, 1.807) is 67.0 Å². The number of likely N-dealkylation sites (tertiary alicyclic amines) is 1. The van der Waals surface area contributed by atoms with E-state index in [0.717, 1.165) is 6.92 Å². The Bertz CT molecular complexity index is 2820. The van der Waals surface area contributed by atoms with Crippen LogP contribution in [0.5, 0.6) is 0 Å². The molecule has 0 spiro atoms. The average molecular weight is 1200 g/mol. The quantitative estimate of drug-likeness (QED) is 0.0274. The van der Waals surface area contributed by atoms with Crippen LogP contribution in [0.15, 0.2) is 60.8 Å². The van der Waals surface area contributed by atoms with Crippen LogP contribution in [0.1, 0.15) is 70.4 Å². The van der Waals surface area contributed by atoms with E-state index in [0.29, 0.717) is 28.5 Å². The molecular formula is C54H75N11O18S. The Labute approximate surface area is 486 Å². The summed E-state index contributed by atoms with van der Waals surface area (Å²) in [5.74, 6) is -14.3. The number of rotatable bonds is 34. The summed E-state index contributed by atoms with van der Waals surface area (Å²) in [5.41, 5.74) is 7.71. The molecule has 0 saturated carbocycles. The van der Waals surface area contributed by atoms with E-state index in [2.05, 4.69) is 47.5 Å². The van der Waals surface area contributed by atoms with Gasteiger partial charge >= 0.3 is 17.9 Å². The molecule has 0 bridgehead atoms. The number of para-hydroxylation sites is 1. The minimum Gasteiger partial charge on any atom is -0.481 e. The highest BCUT2D eigenvalue weighted by Gasteiger charge is 2.41. The molecule has 1 fully saturated rings. The maximum Gasteiger partial charge on any atom is 0.328 e. The predicted octanol–water partition coefficient (Wildman–Crippen LogP) is -3.65. The van der Waals surface area contributed by atoms with Gasteiger partial charge in [-0.15, -0.1) is 0 Å². The zero-order chi connectivity index (χ0) is 62.4. The number of aromatic nitrogens is 1. The molecule has 0 radical (unpaired) electrons. The van der Waals surface area contributed by atoms with E-state index in [-0.39, 0.29) is 38.0 Å². The van der Waals surface area contributed by atoms with Crippen LogP contribution in [0.4, 0.5) is 0 Å². The highest BCUT2D eigenvalue weighted by molar-refractivity contribution is 7.98. The molecule has 3 aromatic rings. The van der Waals surface area contributed by atoms with E-state index in [4.69, 9.17) is 5.73 Å². The summed E-state index contributed by atoms with van der Waals surface area (Å²) in [5, 5.41) is 78.1. The summed E-state index contributed by atoms with van der Waals surface area (Å²) in [4.78, 5) is 165. The van der Waals surface area contributed by atoms with Crippen molar-refractivity contribution in [2.75, 3.05) is 31.8 Å². The monoisotopic (exact) mass is 1200 g/mol. The Hall–Kier alpha value is -8.19.